The molecule has 3 aromatic carbocycles. The number of halogens is 1. The third-order valence-corrected chi connectivity index (χ3v) is 7.66. The number of hydrogen-bond acceptors (Lipinski definition) is 5. The summed E-state index contributed by atoms with van der Waals surface area (Å²) in [6.07, 6.45) is 0. The first-order valence-corrected chi connectivity index (χ1v) is 12.3. The summed E-state index contributed by atoms with van der Waals surface area (Å²) in [7, 11) is -1.15. The Kier molecular flexibility index (Phi) is 7.65. The van der Waals surface area contributed by atoms with E-state index in [1.807, 2.05) is 19.9 Å². The number of amides is 1. The number of anilines is 2. The normalized spacial score (nSPS) is 11.1. The Labute approximate surface area is 202 Å². The van der Waals surface area contributed by atoms with Crippen molar-refractivity contribution in [3.8, 4) is 11.5 Å². The Hall–Kier alpha value is -3.04. The standard InChI is InChI=1S/C24H25BrN2O5S/c1-16-5-9-20(10-6-16)33(29,30)27(22-12-8-19(31-3)14-23(22)32-4)15-24(28)26-18-7-11-21(25)17(2)13-18/h5-14H,15H2,1-4H3,(H,26,28). The molecule has 33 heavy (non-hydrogen) atoms. The summed E-state index contributed by atoms with van der Waals surface area (Å²) in [5.74, 6) is 0.265. The lowest BCUT2D eigenvalue weighted by molar-refractivity contribution is -0.114. The number of ether oxygens (including phenoxy) is 2. The van der Waals surface area contributed by atoms with E-state index < -0.39 is 22.5 Å². The highest BCUT2D eigenvalue weighted by Gasteiger charge is 2.29. The summed E-state index contributed by atoms with van der Waals surface area (Å²) in [4.78, 5) is 13.0. The molecule has 0 spiro atoms. The van der Waals surface area contributed by atoms with E-state index >= 15 is 0 Å². The van der Waals surface area contributed by atoms with Gasteiger partial charge in [0, 0.05) is 16.2 Å². The lowest BCUT2D eigenvalue weighted by Crippen LogP contribution is -2.38. The van der Waals surface area contributed by atoms with E-state index in [1.165, 1.54) is 26.4 Å². The molecule has 0 fully saturated rings. The predicted octanol–water partition coefficient (Wildman–Crippen LogP) is 4.92. The van der Waals surface area contributed by atoms with Crippen molar-refractivity contribution in [2.75, 3.05) is 30.4 Å². The number of rotatable bonds is 8. The summed E-state index contributed by atoms with van der Waals surface area (Å²) in [5.41, 5.74) is 2.65. The molecule has 0 bridgehead atoms. The van der Waals surface area contributed by atoms with Crippen LogP contribution in [-0.4, -0.2) is 35.1 Å². The van der Waals surface area contributed by atoms with Crippen LogP contribution in [0.15, 0.2) is 70.0 Å². The molecule has 0 radical (unpaired) electrons. The van der Waals surface area contributed by atoms with E-state index in [1.54, 1.807) is 42.5 Å². The molecule has 0 aliphatic heterocycles. The fraction of sp³-hybridized carbons (Fsp3) is 0.208. The third kappa shape index (κ3) is 5.66. The molecule has 3 aromatic rings. The van der Waals surface area contributed by atoms with E-state index in [0.717, 1.165) is 19.9 Å². The molecule has 0 aromatic heterocycles. The first-order chi connectivity index (χ1) is 15.6. The van der Waals surface area contributed by atoms with Crippen molar-refractivity contribution in [3.63, 3.8) is 0 Å². The van der Waals surface area contributed by atoms with Gasteiger partial charge in [-0.2, -0.15) is 0 Å². The average molecular weight is 533 g/mol. The molecule has 0 aliphatic carbocycles. The summed E-state index contributed by atoms with van der Waals surface area (Å²) >= 11 is 3.43. The van der Waals surface area contributed by atoms with Gasteiger partial charge in [-0.25, -0.2) is 8.42 Å². The number of benzene rings is 3. The Morgan fingerprint density at radius 3 is 2.27 bits per heavy atom. The van der Waals surface area contributed by atoms with Crippen LogP contribution in [0.1, 0.15) is 11.1 Å². The zero-order chi connectivity index (χ0) is 24.2. The van der Waals surface area contributed by atoms with Crippen molar-refractivity contribution < 1.29 is 22.7 Å². The maximum atomic E-state index is 13.6. The summed E-state index contributed by atoms with van der Waals surface area (Å²) < 4.78 is 39.8. The Morgan fingerprint density at radius 2 is 1.67 bits per heavy atom. The number of carbonyl (C=O) groups is 1. The smallest absolute Gasteiger partial charge is 0.264 e. The van der Waals surface area contributed by atoms with E-state index in [4.69, 9.17) is 9.47 Å². The van der Waals surface area contributed by atoms with Crippen LogP contribution in [0.25, 0.3) is 0 Å². The van der Waals surface area contributed by atoms with Gasteiger partial charge in [0.25, 0.3) is 10.0 Å². The van der Waals surface area contributed by atoms with Crippen LogP contribution in [0, 0.1) is 13.8 Å². The van der Waals surface area contributed by atoms with Crippen molar-refractivity contribution in [2.45, 2.75) is 18.7 Å². The number of nitrogens with one attached hydrogen (secondary N) is 1. The van der Waals surface area contributed by atoms with E-state index in [2.05, 4.69) is 21.2 Å². The average Bonchev–Trinajstić information content (AvgIpc) is 2.79. The first-order valence-electron chi connectivity index (χ1n) is 10.0. The Morgan fingerprint density at radius 1 is 0.970 bits per heavy atom. The second-order valence-corrected chi connectivity index (χ2v) is 10.1. The maximum Gasteiger partial charge on any atom is 0.264 e. The molecule has 0 unspecified atom stereocenters. The second kappa shape index (κ2) is 10.3. The molecular formula is C24H25BrN2O5S. The van der Waals surface area contributed by atoms with Crippen molar-refractivity contribution in [2.24, 2.45) is 0 Å². The molecule has 0 heterocycles. The zero-order valence-corrected chi connectivity index (χ0v) is 21.2. The fourth-order valence-corrected chi connectivity index (χ4v) is 4.86. The third-order valence-electron chi connectivity index (χ3n) is 4.99. The first kappa shape index (κ1) is 24.6. The lowest BCUT2D eigenvalue weighted by atomic mass is 10.2. The van der Waals surface area contributed by atoms with Gasteiger partial charge >= 0.3 is 0 Å². The number of sulfonamides is 1. The minimum Gasteiger partial charge on any atom is -0.497 e. The molecule has 0 saturated heterocycles. The molecule has 0 aliphatic rings. The summed E-state index contributed by atoms with van der Waals surface area (Å²) in [6.45, 7) is 3.32. The molecule has 174 valence electrons. The number of hydrogen-bond donors (Lipinski definition) is 1. The van der Waals surface area contributed by atoms with Gasteiger partial charge in [0.05, 0.1) is 24.8 Å². The van der Waals surface area contributed by atoms with Crippen molar-refractivity contribution in [3.05, 3.63) is 76.3 Å². The van der Waals surface area contributed by atoms with E-state index in [9.17, 15) is 13.2 Å². The number of nitrogens with zero attached hydrogens (tertiary/aromatic N) is 1. The van der Waals surface area contributed by atoms with Gasteiger partial charge in [-0.05, 0) is 61.9 Å². The molecular weight excluding hydrogens is 508 g/mol. The molecule has 0 atom stereocenters. The van der Waals surface area contributed by atoms with Crippen LogP contribution in [0.3, 0.4) is 0 Å². The molecule has 1 amide bonds. The predicted molar refractivity (Wildman–Crippen MR) is 133 cm³/mol. The molecule has 7 nitrogen and oxygen atoms in total. The number of methoxy groups -OCH3 is 2. The zero-order valence-electron chi connectivity index (χ0n) is 18.8. The SMILES string of the molecule is COc1ccc(N(CC(=O)Nc2ccc(Br)c(C)c2)S(=O)(=O)c2ccc(C)cc2)c(OC)c1. The second-order valence-electron chi connectivity index (χ2n) is 7.37. The molecule has 3 rings (SSSR count). The highest BCUT2D eigenvalue weighted by molar-refractivity contribution is 9.10. The van der Waals surface area contributed by atoms with Crippen LogP contribution < -0.4 is 19.1 Å². The van der Waals surface area contributed by atoms with Gasteiger partial charge in [-0.3, -0.25) is 9.10 Å². The van der Waals surface area contributed by atoms with Crippen LogP contribution in [-0.2, 0) is 14.8 Å². The topological polar surface area (TPSA) is 84.9 Å². The van der Waals surface area contributed by atoms with Crippen molar-refractivity contribution >= 4 is 43.2 Å². The Bertz CT molecular complexity index is 1260. The van der Waals surface area contributed by atoms with Gasteiger partial charge < -0.3 is 14.8 Å². The van der Waals surface area contributed by atoms with E-state index in [-0.39, 0.29) is 16.3 Å². The highest BCUT2D eigenvalue weighted by atomic mass is 79.9. The van der Waals surface area contributed by atoms with Crippen molar-refractivity contribution in [1.29, 1.82) is 0 Å². The molecule has 0 saturated carbocycles. The Balaban J connectivity index is 2.02. The van der Waals surface area contributed by atoms with Crippen LogP contribution in [0.4, 0.5) is 11.4 Å². The monoisotopic (exact) mass is 532 g/mol. The van der Waals surface area contributed by atoms with Gasteiger partial charge in [-0.15, -0.1) is 0 Å². The van der Waals surface area contributed by atoms with Crippen LogP contribution in [0.5, 0.6) is 11.5 Å². The van der Waals surface area contributed by atoms with Crippen LogP contribution in [0.2, 0.25) is 0 Å². The molecule has 9 heteroatoms. The maximum absolute atomic E-state index is 13.6. The fourth-order valence-electron chi connectivity index (χ4n) is 3.18. The lowest BCUT2D eigenvalue weighted by Gasteiger charge is -2.26. The van der Waals surface area contributed by atoms with Gasteiger partial charge in [0.15, 0.2) is 0 Å². The van der Waals surface area contributed by atoms with Gasteiger partial charge in [0.1, 0.15) is 18.0 Å². The van der Waals surface area contributed by atoms with Gasteiger partial charge in [0.2, 0.25) is 5.91 Å². The van der Waals surface area contributed by atoms with Gasteiger partial charge in [-0.1, -0.05) is 33.6 Å². The van der Waals surface area contributed by atoms with Crippen molar-refractivity contribution in [1.82, 2.24) is 0 Å². The summed E-state index contributed by atoms with van der Waals surface area (Å²) in [6, 6.07) is 16.6. The minimum atomic E-state index is -4.08. The number of aryl methyl sites for hydroxylation is 2. The van der Waals surface area contributed by atoms with E-state index in [0.29, 0.717) is 11.4 Å². The number of carbonyl (C=O) groups excluding carboxylic acids is 1. The van der Waals surface area contributed by atoms with Crippen LogP contribution >= 0.6 is 15.9 Å². The minimum absolute atomic E-state index is 0.0678. The highest BCUT2D eigenvalue weighted by Crippen LogP contribution is 2.35. The quantitative estimate of drug-likeness (QED) is 0.445. The largest absolute Gasteiger partial charge is 0.497 e. The molecule has 1 N–H and O–H groups in total. The summed E-state index contributed by atoms with van der Waals surface area (Å²) in [5, 5.41) is 2.77.